The van der Waals surface area contributed by atoms with Crippen molar-refractivity contribution >= 4 is 56.5 Å². The lowest BCUT2D eigenvalue weighted by Crippen LogP contribution is -2.07. The average Bonchev–Trinajstić information content (AvgIpc) is 2.37. The molecule has 0 amide bonds. The topological polar surface area (TPSA) is 50.9 Å². The molecule has 2 rings (SSSR count). The van der Waals surface area contributed by atoms with Crippen LogP contribution in [-0.4, -0.2) is 4.98 Å². The molecular formula is C12H7BrCl2F3N3. The molecule has 0 saturated carbocycles. The van der Waals surface area contributed by atoms with E-state index in [1.54, 1.807) is 0 Å². The van der Waals surface area contributed by atoms with Crippen LogP contribution in [0.1, 0.15) is 5.56 Å². The summed E-state index contributed by atoms with van der Waals surface area (Å²) in [7, 11) is 0. The molecule has 1 aromatic carbocycles. The monoisotopic (exact) mass is 399 g/mol. The van der Waals surface area contributed by atoms with E-state index in [0.717, 1.165) is 6.07 Å². The minimum absolute atomic E-state index is 0.0247. The summed E-state index contributed by atoms with van der Waals surface area (Å²) < 4.78 is 38.4. The lowest BCUT2D eigenvalue weighted by Gasteiger charge is -2.13. The van der Waals surface area contributed by atoms with Crippen LogP contribution in [0.5, 0.6) is 0 Å². The van der Waals surface area contributed by atoms with Gasteiger partial charge in [-0.15, -0.1) is 0 Å². The van der Waals surface area contributed by atoms with Gasteiger partial charge in [-0.2, -0.15) is 13.2 Å². The summed E-state index contributed by atoms with van der Waals surface area (Å²) in [6, 6.07) is 5.02. The summed E-state index contributed by atoms with van der Waals surface area (Å²) in [4.78, 5) is 3.89. The van der Waals surface area contributed by atoms with E-state index in [1.165, 1.54) is 18.2 Å². The van der Waals surface area contributed by atoms with Crippen LogP contribution in [0.15, 0.2) is 28.7 Å². The number of aromatic nitrogens is 1. The molecule has 0 atom stereocenters. The molecule has 2 aromatic rings. The molecule has 0 aliphatic heterocycles. The minimum Gasteiger partial charge on any atom is -0.382 e. The van der Waals surface area contributed by atoms with E-state index in [2.05, 4.69) is 26.2 Å². The molecule has 0 aliphatic carbocycles. The minimum atomic E-state index is -4.48. The van der Waals surface area contributed by atoms with Crippen molar-refractivity contribution < 1.29 is 13.2 Å². The van der Waals surface area contributed by atoms with E-state index in [0.29, 0.717) is 0 Å². The highest BCUT2D eigenvalue weighted by molar-refractivity contribution is 9.10. The third kappa shape index (κ3) is 3.72. The van der Waals surface area contributed by atoms with Gasteiger partial charge in [-0.05, 0) is 24.3 Å². The Morgan fingerprint density at radius 3 is 2.43 bits per heavy atom. The maximum atomic E-state index is 12.8. The van der Waals surface area contributed by atoms with Gasteiger partial charge in [0, 0.05) is 10.2 Å². The van der Waals surface area contributed by atoms with E-state index >= 15 is 0 Å². The van der Waals surface area contributed by atoms with Crippen molar-refractivity contribution in [1.29, 1.82) is 0 Å². The van der Waals surface area contributed by atoms with Crippen LogP contribution in [0.25, 0.3) is 0 Å². The number of nitrogens with one attached hydrogen (secondary N) is 1. The number of anilines is 3. The first-order chi connectivity index (χ1) is 9.68. The van der Waals surface area contributed by atoms with Crippen LogP contribution in [0.2, 0.25) is 10.0 Å². The summed E-state index contributed by atoms with van der Waals surface area (Å²) in [5.41, 5.74) is 4.89. The summed E-state index contributed by atoms with van der Waals surface area (Å²) in [5, 5.41) is 2.99. The molecule has 9 heteroatoms. The first kappa shape index (κ1) is 16.2. The van der Waals surface area contributed by atoms with Crippen molar-refractivity contribution in [2.24, 2.45) is 0 Å². The third-order valence-electron chi connectivity index (χ3n) is 2.49. The van der Waals surface area contributed by atoms with Crippen molar-refractivity contribution in [2.75, 3.05) is 11.1 Å². The number of nitrogens with two attached hydrogens (primary N) is 1. The molecular weight excluding hydrogens is 394 g/mol. The van der Waals surface area contributed by atoms with Gasteiger partial charge in [0.1, 0.15) is 5.82 Å². The van der Waals surface area contributed by atoms with Gasteiger partial charge in [0.15, 0.2) is 5.82 Å². The van der Waals surface area contributed by atoms with Gasteiger partial charge in [-0.3, -0.25) is 0 Å². The smallest absolute Gasteiger partial charge is 0.382 e. The number of rotatable bonds is 2. The number of hydrogen-bond donors (Lipinski definition) is 2. The van der Waals surface area contributed by atoms with Crippen LogP contribution in [-0.2, 0) is 6.18 Å². The first-order valence-corrected chi connectivity index (χ1v) is 6.98. The number of hydrogen-bond acceptors (Lipinski definition) is 3. The Bertz CT molecular complexity index is 692. The van der Waals surface area contributed by atoms with Crippen LogP contribution in [0.4, 0.5) is 30.5 Å². The zero-order valence-electron chi connectivity index (χ0n) is 10.1. The second-order valence-electron chi connectivity index (χ2n) is 4.00. The lowest BCUT2D eigenvalue weighted by molar-refractivity contribution is -0.138. The third-order valence-corrected chi connectivity index (χ3v) is 3.77. The van der Waals surface area contributed by atoms with Crippen LogP contribution in [0, 0.1) is 0 Å². The van der Waals surface area contributed by atoms with E-state index in [1.807, 2.05) is 0 Å². The molecule has 0 saturated heterocycles. The molecule has 1 heterocycles. The lowest BCUT2D eigenvalue weighted by atomic mass is 10.2. The number of nitrogen functional groups attached to an aromatic ring is 1. The maximum Gasteiger partial charge on any atom is 0.417 e. The van der Waals surface area contributed by atoms with Crippen molar-refractivity contribution in [3.63, 3.8) is 0 Å². The molecule has 0 bridgehead atoms. The first-order valence-electron chi connectivity index (χ1n) is 5.44. The largest absolute Gasteiger partial charge is 0.417 e. The van der Waals surface area contributed by atoms with Crippen LogP contribution < -0.4 is 11.1 Å². The predicted molar refractivity (Wildman–Crippen MR) is 81.1 cm³/mol. The highest BCUT2D eigenvalue weighted by Crippen LogP contribution is 2.37. The highest BCUT2D eigenvalue weighted by atomic mass is 79.9. The molecule has 3 N–H and O–H groups in total. The van der Waals surface area contributed by atoms with E-state index in [9.17, 15) is 13.2 Å². The Kier molecular flexibility index (Phi) is 4.55. The van der Waals surface area contributed by atoms with Gasteiger partial charge in [0.2, 0.25) is 0 Å². The molecule has 0 fully saturated rings. The van der Waals surface area contributed by atoms with Gasteiger partial charge >= 0.3 is 6.18 Å². The standard InChI is InChI=1S/C12H7BrCl2F3N3/c13-7-2-1-5(3-6(7)12(16,17)18)20-11-9(15)4-8(14)10(19)21-11/h1-4H,(H3,19,20,21). The maximum absolute atomic E-state index is 12.8. The fraction of sp³-hybridized carbons (Fsp3) is 0.0833. The Morgan fingerprint density at radius 2 is 1.81 bits per heavy atom. The number of halogens is 6. The fourth-order valence-electron chi connectivity index (χ4n) is 1.53. The number of nitrogens with zero attached hydrogens (tertiary/aromatic N) is 1. The summed E-state index contributed by atoms with van der Waals surface area (Å²) in [6.07, 6.45) is -4.48. The van der Waals surface area contributed by atoms with Crippen molar-refractivity contribution in [3.05, 3.63) is 44.3 Å². The average molecular weight is 401 g/mol. The Hall–Kier alpha value is -1.18. The molecule has 0 spiro atoms. The van der Waals surface area contributed by atoms with Gasteiger partial charge in [-0.1, -0.05) is 39.1 Å². The van der Waals surface area contributed by atoms with Gasteiger partial charge < -0.3 is 11.1 Å². The molecule has 0 aliphatic rings. The van der Waals surface area contributed by atoms with Crippen molar-refractivity contribution in [3.8, 4) is 0 Å². The van der Waals surface area contributed by atoms with Crippen molar-refractivity contribution in [2.45, 2.75) is 6.18 Å². The van der Waals surface area contributed by atoms with Crippen LogP contribution in [0.3, 0.4) is 0 Å². The molecule has 0 radical (unpaired) electrons. The van der Waals surface area contributed by atoms with Gasteiger partial charge in [0.25, 0.3) is 0 Å². The number of alkyl halides is 3. The SMILES string of the molecule is Nc1nc(Nc2ccc(Br)c(C(F)(F)F)c2)c(Cl)cc1Cl. The second kappa shape index (κ2) is 5.90. The van der Waals surface area contributed by atoms with E-state index in [-0.39, 0.29) is 31.8 Å². The Balaban J connectivity index is 2.39. The normalized spacial score (nSPS) is 11.5. The van der Waals surface area contributed by atoms with E-state index in [4.69, 9.17) is 28.9 Å². The van der Waals surface area contributed by atoms with Gasteiger partial charge in [-0.25, -0.2) is 4.98 Å². The predicted octanol–water partition coefficient (Wildman–Crippen LogP) is 5.50. The molecule has 21 heavy (non-hydrogen) atoms. The van der Waals surface area contributed by atoms with Crippen LogP contribution >= 0.6 is 39.1 Å². The highest BCUT2D eigenvalue weighted by Gasteiger charge is 2.33. The summed E-state index contributed by atoms with van der Waals surface area (Å²) in [5.74, 6) is 0.144. The molecule has 3 nitrogen and oxygen atoms in total. The quantitative estimate of drug-likeness (QED) is 0.700. The Labute approximate surface area is 136 Å². The summed E-state index contributed by atoms with van der Waals surface area (Å²) in [6.45, 7) is 0. The molecule has 1 aromatic heterocycles. The fourth-order valence-corrected chi connectivity index (χ4v) is 2.40. The van der Waals surface area contributed by atoms with E-state index < -0.39 is 11.7 Å². The van der Waals surface area contributed by atoms with Gasteiger partial charge in [0.05, 0.1) is 15.6 Å². The molecule has 112 valence electrons. The number of pyridine rings is 1. The van der Waals surface area contributed by atoms with Crippen molar-refractivity contribution in [1.82, 2.24) is 4.98 Å². The summed E-state index contributed by atoms with van der Waals surface area (Å²) >= 11 is 14.5. The zero-order valence-corrected chi connectivity index (χ0v) is 13.2. The molecule has 0 unspecified atom stereocenters. The zero-order chi connectivity index (χ0) is 15.8. The second-order valence-corrected chi connectivity index (χ2v) is 5.67. The Morgan fingerprint density at radius 1 is 1.14 bits per heavy atom. The number of benzene rings is 1.